The van der Waals surface area contributed by atoms with Crippen LogP contribution in [0.15, 0.2) is 60.2 Å². The molecule has 2 aliphatic rings. The molecule has 2 fully saturated rings. The molecule has 3 aromatic rings. The summed E-state index contributed by atoms with van der Waals surface area (Å²) < 4.78 is 40.8. The predicted octanol–water partition coefficient (Wildman–Crippen LogP) is 6.09. The van der Waals surface area contributed by atoms with E-state index >= 15 is 4.39 Å². The van der Waals surface area contributed by atoms with Crippen molar-refractivity contribution in [3.05, 3.63) is 82.1 Å². The summed E-state index contributed by atoms with van der Waals surface area (Å²) in [6.45, 7) is 0.568. The first kappa shape index (κ1) is 28.1. The van der Waals surface area contributed by atoms with Gasteiger partial charge in [-0.3, -0.25) is 4.79 Å². The normalized spacial score (nSPS) is 17.4. The van der Waals surface area contributed by atoms with Gasteiger partial charge in [0.25, 0.3) is 0 Å². The zero-order valence-corrected chi connectivity index (χ0v) is 23.0. The van der Waals surface area contributed by atoms with Gasteiger partial charge in [0.05, 0.1) is 42.2 Å². The number of nitrogens with zero attached hydrogens (tertiary/aromatic N) is 1. The standard InChI is InChI=1S/C31H31ClF2N2O4/c1-39-30(38)22-8-7-21-16-23(10-9-20(21)15-22)36-13-11-31(34,12-14-36)18-40-17-24(29(37)19-5-6-19)28(35)27-25(32)3-2-4-26(27)33/h2-4,7-10,15-16,19H,5-6,11-14,17-18,35H2,1H3. The highest BCUT2D eigenvalue weighted by atomic mass is 35.5. The number of anilines is 1. The van der Waals surface area contributed by atoms with Crippen molar-refractivity contribution in [3.8, 4) is 0 Å². The molecule has 0 radical (unpaired) electrons. The van der Waals surface area contributed by atoms with E-state index in [0.717, 1.165) is 29.3 Å². The van der Waals surface area contributed by atoms with Crippen LogP contribution in [0.2, 0.25) is 5.02 Å². The first-order valence-electron chi connectivity index (χ1n) is 13.3. The van der Waals surface area contributed by atoms with E-state index in [0.29, 0.717) is 18.7 Å². The summed E-state index contributed by atoms with van der Waals surface area (Å²) in [6, 6.07) is 15.5. The van der Waals surface area contributed by atoms with E-state index in [2.05, 4.69) is 4.90 Å². The molecular weight excluding hydrogens is 538 g/mol. The van der Waals surface area contributed by atoms with Gasteiger partial charge in [-0.25, -0.2) is 13.6 Å². The minimum atomic E-state index is -1.57. The number of fused-ring (bicyclic) bond motifs is 1. The summed E-state index contributed by atoms with van der Waals surface area (Å²) in [4.78, 5) is 26.9. The van der Waals surface area contributed by atoms with Gasteiger partial charge in [-0.1, -0.05) is 29.8 Å². The summed E-state index contributed by atoms with van der Waals surface area (Å²) in [6.07, 6.45) is 1.97. The topological polar surface area (TPSA) is 81.9 Å². The van der Waals surface area contributed by atoms with Gasteiger partial charge >= 0.3 is 5.97 Å². The predicted molar refractivity (Wildman–Crippen MR) is 152 cm³/mol. The average molecular weight is 569 g/mol. The zero-order chi connectivity index (χ0) is 28.4. The van der Waals surface area contributed by atoms with Crippen LogP contribution in [0, 0.1) is 11.7 Å². The highest BCUT2D eigenvalue weighted by molar-refractivity contribution is 6.32. The van der Waals surface area contributed by atoms with E-state index in [-0.39, 0.29) is 65.6 Å². The van der Waals surface area contributed by atoms with Gasteiger partial charge in [0.2, 0.25) is 0 Å². The molecule has 0 atom stereocenters. The summed E-state index contributed by atoms with van der Waals surface area (Å²) in [5.41, 5.74) is 6.18. The lowest BCUT2D eigenvalue weighted by Crippen LogP contribution is -2.44. The van der Waals surface area contributed by atoms with Crippen LogP contribution in [-0.4, -0.2) is 50.8 Å². The minimum absolute atomic E-state index is 0.0306. The molecule has 3 aromatic carbocycles. The number of piperidine rings is 1. The van der Waals surface area contributed by atoms with Crippen LogP contribution in [-0.2, 0) is 14.3 Å². The van der Waals surface area contributed by atoms with Crippen molar-refractivity contribution in [1.82, 2.24) is 0 Å². The first-order chi connectivity index (χ1) is 19.2. The second kappa shape index (κ2) is 11.6. The number of hydrogen-bond acceptors (Lipinski definition) is 6. The zero-order valence-electron chi connectivity index (χ0n) is 22.2. The number of Topliss-reactive ketones (excluding diaryl/α,β-unsaturated/α-hetero) is 1. The highest BCUT2D eigenvalue weighted by Crippen LogP contribution is 2.36. The van der Waals surface area contributed by atoms with Crippen molar-refractivity contribution in [1.29, 1.82) is 0 Å². The molecule has 1 saturated carbocycles. The number of ketones is 1. The average Bonchev–Trinajstić information content (AvgIpc) is 3.80. The van der Waals surface area contributed by atoms with E-state index in [1.807, 2.05) is 24.3 Å². The quantitative estimate of drug-likeness (QED) is 0.248. The SMILES string of the molecule is COC(=O)c1ccc2cc(N3CCC(F)(COCC(C(=O)C4CC4)=C(N)c4c(F)cccc4Cl)CC3)ccc2c1. The Bertz CT molecular complexity index is 1460. The monoisotopic (exact) mass is 568 g/mol. The Labute approximate surface area is 236 Å². The van der Waals surface area contributed by atoms with Gasteiger partial charge in [0, 0.05) is 43.1 Å². The van der Waals surface area contributed by atoms with Crippen molar-refractivity contribution in [3.63, 3.8) is 0 Å². The number of nitrogens with two attached hydrogens (primary N) is 1. The molecule has 1 aliphatic carbocycles. The lowest BCUT2D eigenvalue weighted by molar-refractivity contribution is -0.117. The Morgan fingerprint density at radius 1 is 1.07 bits per heavy atom. The number of alkyl halides is 1. The smallest absolute Gasteiger partial charge is 0.337 e. The van der Waals surface area contributed by atoms with Crippen LogP contribution in [0.25, 0.3) is 16.5 Å². The van der Waals surface area contributed by atoms with Gasteiger partial charge in [-0.05, 0) is 60.0 Å². The maximum Gasteiger partial charge on any atom is 0.337 e. The maximum atomic E-state index is 15.7. The van der Waals surface area contributed by atoms with Gasteiger partial charge in [0.15, 0.2) is 5.78 Å². The lowest BCUT2D eigenvalue weighted by atomic mass is 9.93. The summed E-state index contributed by atoms with van der Waals surface area (Å²) >= 11 is 6.18. The largest absolute Gasteiger partial charge is 0.465 e. The minimum Gasteiger partial charge on any atom is -0.465 e. The van der Waals surface area contributed by atoms with Crippen LogP contribution in [0.4, 0.5) is 14.5 Å². The number of benzene rings is 3. The van der Waals surface area contributed by atoms with Crippen molar-refractivity contribution in [2.75, 3.05) is 38.3 Å². The second-order valence-electron chi connectivity index (χ2n) is 10.5. The molecule has 2 N–H and O–H groups in total. The van der Waals surface area contributed by atoms with Crippen LogP contribution < -0.4 is 10.6 Å². The third-order valence-corrected chi connectivity index (χ3v) is 7.99. The fourth-order valence-electron chi connectivity index (χ4n) is 5.10. The molecule has 5 rings (SSSR count). The molecule has 0 unspecified atom stereocenters. The van der Waals surface area contributed by atoms with Crippen molar-refractivity contribution >= 4 is 45.5 Å². The van der Waals surface area contributed by atoms with Crippen LogP contribution in [0.5, 0.6) is 0 Å². The Balaban J connectivity index is 1.23. The lowest BCUT2D eigenvalue weighted by Gasteiger charge is -2.37. The summed E-state index contributed by atoms with van der Waals surface area (Å²) in [7, 11) is 1.35. The van der Waals surface area contributed by atoms with E-state index < -0.39 is 11.5 Å². The molecule has 9 heteroatoms. The number of carbonyl (C=O) groups excluding carboxylic acids is 2. The van der Waals surface area contributed by atoms with E-state index in [4.69, 9.17) is 26.8 Å². The third kappa shape index (κ3) is 5.98. The molecular formula is C31H31ClF2N2O4. The number of ether oxygens (including phenoxy) is 2. The highest BCUT2D eigenvalue weighted by Gasteiger charge is 2.37. The molecule has 210 valence electrons. The summed E-state index contributed by atoms with van der Waals surface area (Å²) in [5, 5.41) is 1.99. The number of hydrogen-bond donors (Lipinski definition) is 1. The van der Waals surface area contributed by atoms with Crippen molar-refractivity contribution in [2.24, 2.45) is 11.7 Å². The number of carbonyl (C=O) groups is 2. The van der Waals surface area contributed by atoms with E-state index in [1.165, 1.54) is 25.3 Å². The number of methoxy groups -OCH3 is 1. The van der Waals surface area contributed by atoms with Crippen LogP contribution in [0.1, 0.15) is 41.6 Å². The van der Waals surface area contributed by atoms with Gasteiger partial charge < -0.3 is 20.1 Å². The Hall–Kier alpha value is -3.49. The molecule has 0 spiro atoms. The molecule has 0 bridgehead atoms. The molecule has 1 aliphatic heterocycles. The molecule has 40 heavy (non-hydrogen) atoms. The molecule has 0 aromatic heterocycles. The van der Waals surface area contributed by atoms with Crippen LogP contribution >= 0.6 is 11.6 Å². The second-order valence-corrected chi connectivity index (χ2v) is 10.9. The van der Waals surface area contributed by atoms with Crippen molar-refractivity contribution in [2.45, 2.75) is 31.4 Å². The third-order valence-electron chi connectivity index (χ3n) is 7.68. The molecule has 1 saturated heterocycles. The fourth-order valence-corrected chi connectivity index (χ4v) is 5.37. The van der Waals surface area contributed by atoms with Gasteiger partial charge in [0.1, 0.15) is 11.5 Å². The van der Waals surface area contributed by atoms with E-state index in [9.17, 15) is 14.0 Å². The molecule has 6 nitrogen and oxygen atoms in total. The molecule has 1 heterocycles. The number of esters is 1. The summed E-state index contributed by atoms with van der Waals surface area (Å²) in [5.74, 6) is -1.38. The molecule has 0 amide bonds. The first-order valence-corrected chi connectivity index (χ1v) is 13.7. The number of rotatable bonds is 9. The van der Waals surface area contributed by atoms with Crippen molar-refractivity contribution < 1.29 is 27.8 Å². The van der Waals surface area contributed by atoms with Crippen LogP contribution in [0.3, 0.4) is 0 Å². The Kier molecular flexibility index (Phi) is 8.10. The number of halogens is 3. The maximum absolute atomic E-state index is 15.7. The van der Waals surface area contributed by atoms with E-state index in [1.54, 1.807) is 12.1 Å². The van der Waals surface area contributed by atoms with Gasteiger partial charge in [-0.2, -0.15) is 0 Å². The Morgan fingerprint density at radius 3 is 2.45 bits per heavy atom. The van der Waals surface area contributed by atoms with Gasteiger partial charge in [-0.15, -0.1) is 0 Å². The fraction of sp³-hybridized carbons (Fsp3) is 0.355. The Morgan fingerprint density at radius 2 is 1.77 bits per heavy atom.